The minimum Gasteiger partial charge on any atom is -0.356 e. The molecule has 6 nitrogen and oxygen atoms in total. The van der Waals surface area contributed by atoms with Crippen LogP contribution in [0.4, 0.5) is 10.9 Å². The molecule has 2 saturated heterocycles. The summed E-state index contributed by atoms with van der Waals surface area (Å²) in [5, 5.41) is 1.14. The van der Waals surface area contributed by atoms with Gasteiger partial charge in [-0.2, -0.15) is 0 Å². The van der Waals surface area contributed by atoms with Gasteiger partial charge < -0.3 is 9.80 Å². The minimum atomic E-state index is 0.685. The molecule has 7 heteroatoms. The second-order valence-electron chi connectivity index (χ2n) is 6.70. The van der Waals surface area contributed by atoms with Gasteiger partial charge in [-0.05, 0) is 13.0 Å². The van der Waals surface area contributed by atoms with Crippen molar-refractivity contribution in [1.82, 2.24) is 19.9 Å². The molecule has 0 aliphatic carbocycles. The van der Waals surface area contributed by atoms with Crippen molar-refractivity contribution in [3.63, 3.8) is 0 Å². The van der Waals surface area contributed by atoms with Crippen LogP contribution in [0.15, 0.2) is 31.0 Å². The molecule has 3 aromatic heterocycles. The molecule has 0 spiro atoms. The second kappa shape index (κ2) is 5.37. The molecule has 0 radical (unpaired) electrons. The van der Waals surface area contributed by atoms with Gasteiger partial charge in [0.05, 0.1) is 10.9 Å². The Labute approximate surface area is 144 Å². The smallest absolute Gasteiger partial charge is 0.186 e. The summed E-state index contributed by atoms with van der Waals surface area (Å²) in [6.07, 6.45) is 7.24. The van der Waals surface area contributed by atoms with Crippen LogP contribution in [-0.4, -0.2) is 46.1 Å². The molecule has 0 saturated carbocycles. The SMILES string of the molecule is Cc1cncnc1N1CC2CN(c3nc4cnccc4s3)CC2C1. The molecule has 0 bridgehead atoms. The molecule has 5 heterocycles. The highest BCUT2D eigenvalue weighted by atomic mass is 32.1. The molecule has 3 aromatic rings. The Kier molecular flexibility index (Phi) is 3.16. The Morgan fingerprint density at radius 2 is 1.83 bits per heavy atom. The zero-order valence-electron chi connectivity index (χ0n) is 13.5. The van der Waals surface area contributed by atoms with E-state index in [1.54, 1.807) is 17.7 Å². The van der Waals surface area contributed by atoms with E-state index >= 15 is 0 Å². The molecule has 2 aliphatic rings. The fourth-order valence-corrected chi connectivity index (χ4v) is 4.90. The summed E-state index contributed by atoms with van der Waals surface area (Å²) in [6.45, 7) is 6.40. The van der Waals surface area contributed by atoms with Crippen LogP contribution in [-0.2, 0) is 0 Å². The van der Waals surface area contributed by atoms with Gasteiger partial charge in [0.15, 0.2) is 5.13 Å². The van der Waals surface area contributed by atoms with Crippen molar-refractivity contribution in [2.45, 2.75) is 6.92 Å². The van der Waals surface area contributed by atoms with Crippen LogP contribution < -0.4 is 9.80 Å². The van der Waals surface area contributed by atoms with Gasteiger partial charge >= 0.3 is 0 Å². The molecule has 2 fully saturated rings. The van der Waals surface area contributed by atoms with E-state index in [0.717, 1.165) is 48.2 Å². The predicted molar refractivity (Wildman–Crippen MR) is 95.6 cm³/mol. The third-order valence-electron chi connectivity index (χ3n) is 5.10. The molecule has 2 unspecified atom stereocenters. The number of hydrogen-bond acceptors (Lipinski definition) is 7. The highest BCUT2D eigenvalue weighted by Crippen LogP contribution is 2.38. The molecular weight excluding hydrogens is 320 g/mol. The van der Waals surface area contributed by atoms with Gasteiger partial charge in [0.25, 0.3) is 0 Å². The van der Waals surface area contributed by atoms with E-state index in [0.29, 0.717) is 11.8 Å². The van der Waals surface area contributed by atoms with Crippen molar-refractivity contribution >= 4 is 32.5 Å². The Morgan fingerprint density at radius 3 is 2.58 bits per heavy atom. The van der Waals surface area contributed by atoms with Crippen LogP contribution in [0.25, 0.3) is 10.2 Å². The summed E-state index contributed by atoms with van der Waals surface area (Å²) in [5.74, 6) is 2.46. The molecule has 24 heavy (non-hydrogen) atoms. The average molecular weight is 338 g/mol. The van der Waals surface area contributed by atoms with Crippen molar-refractivity contribution < 1.29 is 0 Å². The number of fused-ring (bicyclic) bond motifs is 2. The monoisotopic (exact) mass is 338 g/mol. The van der Waals surface area contributed by atoms with Gasteiger partial charge in [-0.3, -0.25) is 4.98 Å². The molecular formula is C17H18N6S. The lowest BCUT2D eigenvalue weighted by molar-refractivity contribution is 0.533. The van der Waals surface area contributed by atoms with E-state index in [1.165, 1.54) is 4.70 Å². The number of pyridine rings is 1. The van der Waals surface area contributed by atoms with Crippen molar-refractivity contribution in [1.29, 1.82) is 0 Å². The van der Waals surface area contributed by atoms with E-state index in [2.05, 4.69) is 31.7 Å². The van der Waals surface area contributed by atoms with Gasteiger partial charge in [-0.15, -0.1) is 0 Å². The van der Waals surface area contributed by atoms with Crippen LogP contribution in [0.2, 0.25) is 0 Å². The summed E-state index contributed by atoms with van der Waals surface area (Å²) < 4.78 is 1.22. The Bertz CT molecular complexity index is 846. The normalized spacial score (nSPS) is 23.2. The number of rotatable bonds is 2. The molecule has 0 N–H and O–H groups in total. The summed E-state index contributed by atoms with van der Waals surface area (Å²) in [6, 6.07) is 2.05. The largest absolute Gasteiger partial charge is 0.356 e. The van der Waals surface area contributed by atoms with Crippen molar-refractivity contribution in [3.8, 4) is 0 Å². The molecule has 122 valence electrons. The number of aromatic nitrogens is 4. The number of anilines is 2. The summed E-state index contributed by atoms with van der Waals surface area (Å²) in [7, 11) is 0. The molecule has 0 amide bonds. The number of thiazole rings is 1. The van der Waals surface area contributed by atoms with Gasteiger partial charge in [0.2, 0.25) is 0 Å². The van der Waals surface area contributed by atoms with Crippen LogP contribution in [0.1, 0.15) is 5.56 Å². The minimum absolute atomic E-state index is 0.685. The van der Waals surface area contributed by atoms with Crippen LogP contribution in [0, 0.1) is 18.8 Å². The Balaban J connectivity index is 1.34. The van der Waals surface area contributed by atoms with Crippen LogP contribution >= 0.6 is 11.3 Å². The maximum atomic E-state index is 4.76. The number of nitrogens with zero attached hydrogens (tertiary/aromatic N) is 6. The standard InChI is InChI=1S/C17H18N6S/c1-11-4-19-10-20-16(11)22-6-12-8-23(9-13(12)7-22)17-21-14-5-18-3-2-15(14)24-17/h2-5,10,12-13H,6-9H2,1H3. The van der Waals surface area contributed by atoms with Crippen molar-refractivity contribution in [2.24, 2.45) is 11.8 Å². The van der Waals surface area contributed by atoms with Crippen molar-refractivity contribution in [2.75, 3.05) is 36.0 Å². The molecule has 2 atom stereocenters. The third kappa shape index (κ3) is 2.23. The Morgan fingerprint density at radius 1 is 1.04 bits per heavy atom. The Hall–Kier alpha value is -2.28. The lowest BCUT2D eigenvalue weighted by atomic mass is 10.0. The first kappa shape index (κ1) is 14.1. The molecule has 2 aliphatic heterocycles. The van der Waals surface area contributed by atoms with Crippen LogP contribution in [0.3, 0.4) is 0 Å². The van der Waals surface area contributed by atoms with E-state index in [4.69, 9.17) is 4.98 Å². The maximum absolute atomic E-state index is 4.76. The topological polar surface area (TPSA) is 58.0 Å². The van der Waals surface area contributed by atoms with Gasteiger partial charge in [0.1, 0.15) is 17.7 Å². The third-order valence-corrected chi connectivity index (χ3v) is 6.20. The van der Waals surface area contributed by atoms with Crippen molar-refractivity contribution in [3.05, 3.63) is 36.5 Å². The summed E-state index contributed by atoms with van der Waals surface area (Å²) in [5.41, 5.74) is 2.17. The first-order valence-electron chi connectivity index (χ1n) is 8.25. The summed E-state index contributed by atoms with van der Waals surface area (Å²) >= 11 is 1.77. The van der Waals surface area contributed by atoms with Gasteiger partial charge in [-0.25, -0.2) is 15.0 Å². The molecule has 0 aromatic carbocycles. The van der Waals surface area contributed by atoms with E-state index in [-0.39, 0.29) is 0 Å². The first-order valence-corrected chi connectivity index (χ1v) is 9.06. The first-order chi connectivity index (χ1) is 11.8. The molecule has 5 rings (SSSR count). The van der Waals surface area contributed by atoms with Crippen LogP contribution in [0.5, 0.6) is 0 Å². The van der Waals surface area contributed by atoms with Gasteiger partial charge in [0, 0.05) is 56.0 Å². The predicted octanol–water partition coefficient (Wildman–Crippen LogP) is 2.36. The summed E-state index contributed by atoms with van der Waals surface area (Å²) in [4.78, 5) is 22.4. The maximum Gasteiger partial charge on any atom is 0.186 e. The lowest BCUT2D eigenvalue weighted by Crippen LogP contribution is -2.29. The van der Waals surface area contributed by atoms with E-state index < -0.39 is 0 Å². The number of hydrogen-bond donors (Lipinski definition) is 0. The lowest BCUT2D eigenvalue weighted by Gasteiger charge is -2.22. The highest BCUT2D eigenvalue weighted by molar-refractivity contribution is 7.22. The zero-order chi connectivity index (χ0) is 16.1. The zero-order valence-corrected chi connectivity index (χ0v) is 14.3. The quantitative estimate of drug-likeness (QED) is 0.715. The van der Waals surface area contributed by atoms with Gasteiger partial charge in [-0.1, -0.05) is 11.3 Å². The fraction of sp³-hybridized carbons (Fsp3) is 0.412. The average Bonchev–Trinajstić information content (AvgIpc) is 3.27. The van der Waals surface area contributed by atoms with E-state index in [9.17, 15) is 0 Å². The fourth-order valence-electron chi connectivity index (χ4n) is 3.95. The van der Waals surface area contributed by atoms with E-state index in [1.807, 2.05) is 24.7 Å². The second-order valence-corrected chi connectivity index (χ2v) is 7.71. The number of aryl methyl sites for hydroxylation is 1. The highest BCUT2D eigenvalue weighted by Gasteiger charge is 2.41.